The Morgan fingerprint density at radius 2 is 2.47 bits per heavy atom. The molecule has 0 fully saturated rings. The van der Waals surface area contributed by atoms with Crippen LogP contribution in [0.5, 0.6) is 0 Å². The van der Waals surface area contributed by atoms with E-state index in [0.29, 0.717) is 0 Å². The summed E-state index contributed by atoms with van der Waals surface area (Å²) in [5, 5.41) is 4.44. The van der Waals surface area contributed by atoms with Crippen molar-refractivity contribution in [3.8, 4) is 0 Å². The summed E-state index contributed by atoms with van der Waals surface area (Å²) in [6, 6.07) is 0. The van der Waals surface area contributed by atoms with E-state index in [1.165, 1.54) is 4.88 Å². The van der Waals surface area contributed by atoms with E-state index in [1.807, 2.05) is 6.20 Å². The smallest absolute Gasteiger partial charge is 0.194 e. The van der Waals surface area contributed by atoms with Crippen LogP contribution < -0.4 is 5.32 Å². The minimum Gasteiger partial charge on any atom is -0.350 e. The number of nitrogens with one attached hydrogen (secondary N) is 1. The molecule has 1 aliphatic rings. The highest BCUT2D eigenvalue weighted by Crippen LogP contribution is 2.13. The van der Waals surface area contributed by atoms with Crippen molar-refractivity contribution in [1.82, 2.24) is 15.2 Å². The number of rotatable bonds is 3. The van der Waals surface area contributed by atoms with E-state index >= 15 is 0 Å². The molecular formula is C10H16N4S. The van der Waals surface area contributed by atoms with Crippen molar-refractivity contribution in [2.75, 3.05) is 20.1 Å². The van der Waals surface area contributed by atoms with E-state index in [4.69, 9.17) is 0 Å². The number of aliphatic imine (C=N–C) groups is 1. The molecule has 1 N–H and O–H groups in total. The first-order valence-corrected chi connectivity index (χ1v) is 6.04. The molecule has 1 aromatic heterocycles. The molecule has 2 rings (SSSR count). The molecule has 82 valence electrons. The van der Waals surface area contributed by atoms with Gasteiger partial charge in [-0.2, -0.15) is 0 Å². The van der Waals surface area contributed by atoms with E-state index in [2.05, 4.69) is 34.2 Å². The maximum Gasteiger partial charge on any atom is 0.194 e. The number of aromatic nitrogens is 1. The molecule has 0 aromatic carbocycles. The second-order valence-electron chi connectivity index (χ2n) is 3.55. The van der Waals surface area contributed by atoms with Gasteiger partial charge in [0.25, 0.3) is 0 Å². The van der Waals surface area contributed by atoms with Crippen LogP contribution in [0.2, 0.25) is 0 Å². The molecule has 0 bridgehead atoms. The molecule has 0 radical (unpaired) electrons. The molecule has 0 atom stereocenters. The molecule has 1 aromatic rings. The van der Waals surface area contributed by atoms with E-state index in [1.54, 1.807) is 11.3 Å². The lowest BCUT2D eigenvalue weighted by molar-refractivity contribution is 0.534. The molecule has 0 saturated heterocycles. The Morgan fingerprint density at radius 1 is 1.60 bits per heavy atom. The zero-order valence-electron chi connectivity index (χ0n) is 9.16. The summed E-state index contributed by atoms with van der Waals surface area (Å²) in [5.41, 5.74) is 0. The Bertz CT molecular complexity index is 358. The van der Waals surface area contributed by atoms with Gasteiger partial charge in [-0.15, -0.1) is 11.3 Å². The van der Waals surface area contributed by atoms with Gasteiger partial charge < -0.3 is 10.2 Å². The lowest BCUT2D eigenvalue weighted by Crippen LogP contribution is -2.35. The first-order chi connectivity index (χ1) is 7.29. The standard InChI is InChI=1S/C10H16N4S/c1-3-8-6-12-9(15-8)7-13-10-11-4-5-14(10)2/h6H,3-5,7H2,1-2H3,(H,11,13). The molecule has 15 heavy (non-hydrogen) atoms. The van der Waals surface area contributed by atoms with Crippen molar-refractivity contribution in [2.24, 2.45) is 4.99 Å². The molecule has 0 spiro atoms. The molecule has 2 heterocycles. The zero-order valence-corrected chi connectivity index (χ0v) is 9.97. The molecule has 4 nitrogen and oxygen atoms in total. The minimum atomic E-state index is 0.786. The third-order valence-electron chi connectivity index (χ3n) is 2.41. The first kappa shape index (κ1) is 10.4. The maximum absolute atomic E-state index is 4.37. The maximum atomic E-state index is 4.37. The number of thiazole rings is 1. The molecule has 0 saturated carbocycles. The van der Waals surface area contributed by atoms with Crippen molar-refractivity contribution in [3.05, 3.63) is 16.1 Å². The second-order valence-corrected chi connectivity index (χ2v) is 4.75. The van der Waals surface area contributed by atoms with Gasteiger partial charge in [-0.05, 0) is 6.42 Å². The number of hydrogen-bond donors (Lipinski definition) is 1. The van der Waals surface area contributed by atoms with Gasteiger partial charge >= 0.3 is 0 Å². The Morgan fingerprint density at radius 3 is 3.07 bits per heavy atom. The van der Waals surface area contributed by atoms with E-state index in [-0.39, 0.29) is 0 Å². The summed E-state index contributed by atoms with van der Waals surface area (Å²) in [6.45, 7) is 4.85. The summed E-state index contributed by atoms with van der Waals surface area (Å²) < 4.78 is 0. The fourth-order valence-corrected chi connectivity index (χ4v) is 2.27. The summed E-state index contributed by atoms with van der Waals surface area (Å²) in [5.74, 6) is 0.989. The van der Waals surface area contributed by atoms with Gasteiger partial charge in [0.2, 0.25) is 0 Å². The van der Waals surface area contributed by atoms with Gasteiger partial charge in [-0.1, -0.05) is 6.92 Å². The van der Waals surface area contributed by atoms with Crippen molar-refractivity contribution in [3.63, 3.8) is 0 Å². The third-order valence-corrected chi connectivity index (χ3v) is 3.55. The fourth-order valence-electron chi connectivity index (χ4n) is 1.47. The van der Waals surface area contributed by atoms with Crippen LogP contribution in [0.15, 0.2) is 11.2 Å². The highest BCUT2D eigenvalue weighted by atomic mass is 32.1. The zero-order chi connectivity index (χ0) is 10.7. The van der Waals surface area contributed by atoms with Crippen LogP contribution in [0.1, 0.15) is 16.8 Å². The Kier molecular flexibility index (Phi) is 3.20. The monoisotopic (exact) mass is 224 g/mol. The third kappa shape index (κ3) is 2.47. The van der Waals surface area contributed by atoms with Crippen LogP contribution in [0.25, 0.3) is 0 Å². The highest BCUT2D eigenvalue weighted by Gasteiger charge is 2.11. The predicted octanol–water partition coefficient (Wildman–Crippen LogP) is 1.10. The van der Waals surface area contributed by atoms with Crippen molar-refractivity contribution in [2.45, 2.75) is 19.9 Å². The summed E-state index contributed by atoms with van der Waals surface area (Å²) in [6.07, 6.45) is 3.03. The molecular weight excluding hydrogens is 208 g/mol. The Balaban J connectivity index is 1.87. The van der Waals surface area contributed by atoms with Gasteiger partial charge in [0, 0.05) is 24.7 Å². The average Bonchev–Trinajstić information content (AvgIpc) is 2.84. The van der Waals surface area contributed by atoms with Crippen LogP contribution in [-0.2, 0) is 13.0 Å². The predicted molar refractivity (Wildman–Crippen MR) is 63.3 cm³/mol. The number of aryl methyl sites for hydroxylation is 1. The number of guanidine groups is 1. The van der Waals surface area contributed by atoms with E-state index < -0.39 is 0 Å². The summed E-state index contributed by atoms with van der Waals surface area (Å²) >= 11 is 1.77. The number of nitrogens with zero attached hydrogens (tertiary/aromatic N) is 3. The highest BCUT2D eigenvalue weighted by molar-refractivity contribution is 7.11. The quantitative estimate of drug-likeness (QED) is 0.835. The lowest BCUT2D eigenvalue weighted by atomic mass is 10.4. The van der Waals surface area contributed by atoms with Crippen LogP contribution in [-0.4, -0.2) is 36.0 Å². The van der Waals surface area contributed by atoms with Crippen molar-refractivity contribution >= 4 is 17.3 Å². The summed E-state index contributed by atoms with van der Waals surface area (Å²) in [7, 11) is 2.05. The molecule has 1 aliphatic heterocycles. The SMILES string of the molecule is CCc1cnc(CNC2=NCCN2C)s1. The summed E-state index contributed by atoms with van der Waals surface area (Å²) in [4.78, 5) is 12.2. The molecule has 5 heteroatoms. The molecule has 0 aliphatic carbocycles. The lowest BCUT2D eigenvalue weighted by Gasteiger charge is -2.14. The minimum absolute atomic E-state index is 0.786. The van der Waals surface area contributed by atoms with Crippen LogP contribution in [0.4, 0.5) is 0 Å². The largest absolute Gasteiger partial charge is 0.350 e. The number of likely N-dealkylation sites (N-methyl/N-ethyl adjacent to an activating group) is 1. The van der Waals surface area contributed by atoms with Gasteiger partial charge in [-0.25, -0.2) is 4.98 Å². The van der Waals surface area contributed by atoms with Gasteiger partial charge in [0.15, 0.2) is 5.96 Å². The fraction of sp³-hybridized carbons (Fsp3) is 0.600. The van der Waals surface area contributed by atoms with Crippen molar-refractivity contribution in [1.29, 1.82) is 0 Å². The number of hydrogen-bond acceptors (Lipinski definition) is 5. The van der Waals surface area contributed by atoms with Gasteiger partial charge in [-0.3, -0.25) is 4.99 Å². The van der Waals surface area contributed by atoms with E-state index in [9.17, 15) is 0 Å². The van der Waals surface area contributed by atoms with Crippen LogP contribution in [0.3, 0.4) is 0 Å². The van der Waals surface area contributed by atoms with Crippen molar-refractivity contribution < 1.29 is 0 Å². The topological polar surface area (TPSA) is 40.5 Å². The average molecular weight is 224 g/mol. The second kappa shape index (κ2) is 4.61. The normalized spacial score (nSPS) is 15.6. The molecule has 0 amide bonds. The molecule has 0 unspecified atom stereocenters. The Labute approximate surface area is 94.0 Å². The van der Waals surface area contributed by atoms with Crippen LogP contribution >= 0.6 is 11.3 Å². The Hall–Kier alpha value is -1.10. The van der Waals surface area contributed by atoms with E-state index in [0.717, 1.165) is 37.0 Å². The van der Waals surface area contributed by atoms with Gasteiger partial charge in [0.05, 0.1) is 13.1 Å². The first-order valence-electron chi connectivity index (χ1n) is 5.22. The van der Waals surface area contributed by atoms with Gasteiger partial charge in [0.1, 0.15) is 5.01 Å². The van der Waals surface area contributed by atoms with Crippen LogP contribution in [0, 0.1) is 0 Å².